The highest BCUT2D eigenvalue weighted by Crippen LogP contribution is 2.51. The van der Waals surface area contributed by atoms with Crippen molar-refractivity contribution < 1.29 is 18.4 Å². The minimum absolute atomic E-state index is 0.0328. The monoisotopic (exact) mass is 487 g/mol. The summed E-state index contributed by atoms with van der Waals surface area (Å²) >= 11 is 0. The van der Waals surface area contributed by atoms with Crippen molar-refractivity contribution in [3.8, 4) is 17.2 Å². The van der Waals surface area contributed by atoms with Crippen molar-refractivity contribution in [1.29, 1.82) is 5.26 Å². The highest BCUT2D eigenvalue weighted by atomic mass is 19.1. The molecule has 1 atom stereocenters. The second-order valence-corrected chi connectivity index (χ2v) is 9.32. The van der Waals surface area contributed by atoms with Gasteiger partial charge in [-0.1, -0.05) is 0 Å². The number of carbonyl (C=O) groups excluding carboxylic acids is 2. The number of aryl methyl sites for hydroxylation is 1. The Bertz CT molecular complexity index is 1400. The van der Waals surface area contributed by atoms with Crippen molar-refractivity contribution >= 4 is 17.5 Å². The topological polar surface area (TPSA) is 99.0 Å². The number of nitrogens with zero attached hydrogens (tertiary/aromatic N) is 4. The molecule has 5 rings (SSSR count). The van der Waals surface area contributed by atoms with Crippen LogP contribution in [0.2, 0.25) is 0 Å². The third-order valence-electron chi connectivity index (χ3n) is 6.78. The van der Waals surface area contributed by atoms with Crippen LogP contribution < -0.4 is 10.2 Å². The summed E-state index contributed by atoms with van der Waals surface area (Å²) in [5.41, 5.74) is 1.80. The fourth-order valence-corrected chi connectivity index (χ4v) is 4.79. The van der Waals surface area contributed by atoms with Crippen LogP contribution in [-0.4, -0.2) is 28.3 Å². The van der Waals surface area contributed by atoms with Gasteiger partial charge in [0.25, 0.3) is 5.91 Å². The molecule has 1 saturated heterocycles. The first-order chi connectivity index (χ1) is 17.3. The van der Waals surface area contributed by atoms with E-state index in [0.717, 1.165) is 12.8 Å². The Morgan fingerprint density at radius 2 is 2.00 bits per heavy atom. The summed E-state index contributed by atoms with van der Waals surface area (Å²) in [5, 5.41) is 12.5. The molecule has 3 aromatic rings. The fraction of sp³-hybridized carbons (Fsp3) is 0.296. The number of nitriles is 1. The van der Waals surface area contributed by atoms with E-state index < -0.39 is 23.1 Å². The largest absolute Gasteiger partial charge is 0.347 e. The highest BCUT2D eigenvalue weighted by molar-refractivity contribution is 6.03. The number of anilines is 1. The molecule has 2 aromatic heterocycles. The first-order valence-corrected chi connectivity index (χ1v) is 11.7. The average Bonchev–Trinajstić information content (AvgIpc) is 3.66. The van der Waals surface area contributed by atoms with Gasteiger partial charge >= 0.3 is 0 Å². The molecule has 3 heterocycles. The van der Waals surface area contributed by atoms with E-state index in [4.69, 9.17) is 0 Å². The maximum absolute atomic E-state index is 14.2. The van der Waals surface area contributed by atoms with Crippen LogP contribution in [0.25, 0.3) is 11.1 Å². The number of hydrogen-bond acceptors (Lipinski definition) is 5. The number of amides is 2. The van der Waals surface area contributed by atoms with Gasteiger partial charge in [-0.25, -0.2) is 14.4 Å². The van der Waals surface area contributed by atoms with Gasteiger partial charge in [-0.2, -0.15) is 9.65 Å². The Morgan fingerprint density at radius 3 is 2.69 bits per heavy atom. The zero-order chi connectivity index (χ0) is 25.4. The molecular weight excluding hydrogens is 464 g/mol. The van der Waals surface area contributed by atoms with Gasteiger partial charge in [-0.15, -0.1) is 0 Å². The lowest BCUT2D eigenvalue weighted by atomic mass is 9.83. The van der Waals surface area contributed by atoms with E-state index in [1.165, 1.54) is 30.5 Å². The van der Waals surface area contributed by atoms with Crippen molar-refractivity contribution in [2.75, 3.05) is 11.4 Å². The number of carbonyl (C=O) groups is 2. The molecule has 1 saturated carbocycles. The van der Waals surface area contributed by atoms with Crippen molar-refractivity contribution in [2.24, 2.45) is 11.3 Å². The predicted molar refractivity (Wildman–Crippen MR) is 127 cm³/mol. The molecule has 2 amide bonds. The lowest BCUT2D eigenvalue weighted by molar-refractivity contribution is -0.123. The number of rotatable bonds is 6. The molecule has 0 unspecified atom stereocenters. The molecule has 182 valence electrons. The van der Waals surface area contributed by atoms with E-state index in [0.29, 0.717) is 41.0 Å². The Morgan fingerprint density at radius 1 is 1.19 bits per heavy atom. The summed E-state index contributed by atoms with van der Waals surface area (Å²) in [5.74, 6) is -1.72. The van der Waals surface area contributed by atoms with E-state index in [-0.39, 0.29) is 24.1 Å². The predicted octanol–water partition coefficient (Wildman–Crippen LogP) is 4.32. The number of hydrogen-bond donors (Lipinski definition) is 1. The molecule has 1 aliphatic carbocycles. The fourth-order valence-electron chi connectivity index (χ4n) is 4.79. The summed E-state index contributed by atoms with van der Waals surface area (Å²) in [6.07, 6.45) is 3.56. The van der Waals surface area contributed by atoms with Gasteiger partial charge in [0.15, 0.2) is 0 Å². The third-order valence-corrected chi connectivity index (χ3v) is 6.78. The van der Waals surface area contributed by atoms with Crippen molar-refractivity contribution in [2.45, 2.75) is 32.7 Å². The molecule has 0 radical (unpaired) electrons. The smallest absolute Gasteiger partial charge is 0.270 e. The van der Waals surface area contributed by atoms with Gasteiger partial charge < -0.3 is 10.2 Å². The van der Waals surface area contributed by atoms with Crippen LogP contribution in [0, 0.1) is 41.4 Å². The SMILES string of the molecule is Cc1cc(N2CC[C@@](C#N)(C3CC3)C2=O)cc(C(=O)NCc2cc(F)cc(-c3ccc(F)nc3)c2)n1. The van der Waals surface area contributed by atoms with E-state index in [2.05, 4.69) is 21.4 Å². The molecule has 9 heteroatoms. The second kappa shape index (κ2) is 9.11. The van der Waals surface area contributed by atoms with Crippen LogP contribution in [0.15, 0.2) is 48.7 Å². The first-order valence-electron chi connectivity index (χ1n) is 11.7. The summed E-state index contributed by atoms with van der Waals surface area (Å²) in [6, 6.07) is 12.5. The molecule has 0 spiro atoms. The number of aromatic nitrogens is 2. The van der Waals surface area contributed by atoms with Crippen LogP contribution in [0.4, 0.5) is 14.5 Å². The zero-order valence-corrected chi connectivity index (χ0v) is 19.6. The van der Waals surface area contributed by atoms with Crippen LogP contribution in [0.1, 0.15) is 41.0 Å². The van der Waals surface area contributed by atoms with Gasteiger partial charge in [0.1, 0.15) is 16.9 Å². The third kappa shape index (κ3) is 4.42. The van der Waals surface area contributed by atoms with Crippen molar-refractivity contribution in [3.63, 3.8) is 0 Å². The Hall–Kier alpha value is -4.19. The van der Waals surface area contributed by atoms with Gasteiger partial charge in [0.05, 0.1) is 6.07 Å². The molecule has 2 fully saturated rings. The highest BCUT2D eigenvalue weighted by Gasteiger charge is 2.56. The van der Waals surface area contributed by atoms with E-state index >= 15 is 0 Å². The number of benzene rings is 1. The van der Waals surface area contributed by atoms with E-state index in [1.54, 1.807) is 30.0 Å². The molecule has 0 bridgehead atoms. The van der Waals surface area contributed by atoms with E-state index in [1.807, 2.05) is 0 Å². The standard InChI is InChI=1S/C27H23F2N5O2/c1-16-8-22(34-7-6-27(15-30,26(34)36)20-3-4-20)12-23(33-16)25(35)32-13-17-9-19(11-21(28)10-17)18-2-5-24(29)31-14-18/h2,5,8-12,14,20H,3-4,6-7,13H2,1H3,(H,32,35)/t27-/m1/s1. The molecule has 36 heavy (non-hydrogen) atoms. The Kier molecular flexibility index (Phi) is 5.96. The lowest BCUT2D eigenvalue weighted by Gasteiger charge is -2.21. The van der Waals surface area contributed by atoms with Gasteiger partial charge in [-0.05, 0) is 85.7 Å². The minimum Gasteiger partial charge on any atom is -0.347 e. The molecule has 2 aliphatic rings. The summed E-state index contributed by atoms with van der Waals surface area (Å²) in [7, 11) is 0. The summed E-state index contributed by atoms with van der Waals surface area (Å²) in [4.78, 5) is 35.6. The van der Waals surface area contributed by atoms with Gasteiger partial charge in [-0.3, -0.25) is 9.59 Å². The average molecular weight is 488 g/mol. The molecule has 1 aliphatic heterocycles. The second-order valence-electron chi connectivity index (χ2n) is 9.32. The van der Waals surface area contributed by atoms with E-state index in [9.17, 15) is 23.6 Å². The molecule has 1 N–H and O–H groups in total. The first kappa shape index (κ1) is 23.5. The maximum Gasteiger partial charge on any atom is 0.270 e. The van der Waals surface area contributed by atoms with Crippen molar-refractivity contribution in [3.05, 3.63) is 77.4 Å². The van der Waals surface area contributed by atoms with Crippen molar-refractivity contribution in [1.82, 2.24) is 15.3 Å². The number of halogens is 2. The number of pyridine rings is 2. The molecular formula is C27H23F2N5O2. The summed E-state index contributed by atoms with van der Waals surface area (Å²) in [6.45, 7) is 2.18. The number of nitrogens with one attached hydrogen (secondary N) is 1. The van der Waals surface area contributed by atoms with Gasteiger partial charge in [0.2, 0.25) is 11.9 Å². The Labute approximate surface area is 206 Å². The Balaban J connectivity index is 1.33. The normalized spacial score (nSPS) is 19.3. The van der Waals surface area contributed by atoms with Crippen LogP contribution in [0.3, 0.4) is 0 Å². The van der Waals surface area contributed by atoms with Crippen LogP contribution in [0.5, 0.6) is 0 Å². The zero-order valence-electron chi connectivity index (χ0n) is 19.6. The van der Waals surface area contributed by atoms with Gasteiger partial charge in [0, 0.05) is 36.2 Å². The minimum atomic E-state index is -0.977. The maximum atomic E-state index is 14.2. The summed E-state index contributed by atoms with van der Waals surface area (Å²) < 4.78 is 27.4. The molecule has 7 nitrogen and oxygen atoms in total. The molecule has 1 aromatic carbocycles. The quantitative estimate of drug-likeness (QED) is 0.522. The lowest BCUT2D eigenvalue weighted by Crippen LogP contribution is -2.35. The van der Waals surface area contributed by atoms with Crippen LogP contribution in [-0.2, 0) is 11.3 Å². The van der Waals surface area contributed by atoms with Crippen LogP contribution >= 0.6 is 0 Å².